The van der Waals surface area contributed by atoms with Crippen LogP contribution in [0.15, 0.2) is 84.4 Å². The van der Waals surface area contributed by atoms with Gasteiger partial charge in [-0.25, -0.2) is 4.79 Å². The summed E-state index contributed by atoms with van der Waals surface area (Å²) < 4.78 is 5.50. The highest BCUT2D eigenvalue weighted by atomic mass is 16.5. The maximum atomic E-state index is 14.3. The largest absolute Gasteiger partial charge is 0.445 e. The predicted molar refractivity (Wildman–Crippen MR) is 192 cm³/mol. The minimum atomic E-state index is -1.58. The highest BCUT2D eigenvalue weighted by Crippen LogP contribution is 2.24. The van der Waals surface area contributed by atoms with Crippen LogP contribution in [-0.2, 0) is 36.9 Å². The molecule has 3 aromatic carbocycles. The Bertz CT molecular complexity index is 1800. The normalized spacial score (nSPS) is 16.9. The molecule has 0 spiro atoms. The lowest BCUT2D eigenvalue weighted by molar-refractivity contribution is -0.133. The molecule has 12 heteroatoms. The van der Waals surface area contributed by atoms with Crippen molar-refractivity contribution in [3.63, 3.8) is 0 Å². The number of ether oxygens (including phenoxy) is 1. The number of rotatable bonds is 15. The summed E-state index contributed by atoms with van der Waals surface area (Å²) in [6.07, 6.45) is 2.16. The van der Waals surface area contributed by atoms with Crippen molar-refractivity contribution in [1.29, 1.82) is 5.26 Å². The number of carbonyl (C=O) groups is 5. The van der Waals surface area contributed by atoms with Crippen LogP contribution in [0.3, 0.4) is 0 Å². The Morgan fingerprint density at radius 2 is 1.75 bits per heavy atom. The molecule has 0 bridgehead atoms. The van der Waals surface area contributed by atoms with Crippen molar-refractivity contribution in [2.24, 2.45) is 17.6 Å². The third kappa shape index (κ3) is 10.9. The molecule has 0 radical (unpaired) electrons. The van der Waals surface area contributed by atoms with Gasteiger partial charge in [0.15, 0.2) is 0 Å². The van der Waals surface area contributed by atoms with Gasteiger partial charge in [-0.1, -0.05) is 86.6 Å². The number of nitrogens with one attached hydrogen (secondary N) is 4. The lowest BCUT2D eigenvalue weighted by Gasteiger charge is -2.32. The smallest absolute Gasteiger partial charge is 0.408 e. The van der Waals surface area contributed by atoms with Gasteiger partial charge in [0.2, 0.25) is 17.7 Å². The van der Waals surface area contributed by atoms with Crippen LogP contribution in [-0.4, -0.2) is 53.9 Å². The topological polar surface area (TPSA) is 193 Å². The second-order valence-electron chi connectivity index (χ2n) is 13.5. The van der Waals surface area contributed by atoms with Crippen molar-refractivity contribution >= 4 is 40.5 Å². The van der Waals surface area contributed by atoms with Crippen LogP contribution in [0.1, 0.15) is 57.6 Å². The quantitative estimate of drug-likeness (QED) is 0.118. The summed E-state index contributed by atoms with van der Waals surface area (Å²) in [5.74, 6) is -2.88. The Morgan fingerprint density at radius 3 is 2.43 bits per heavy atom. The van der Waals surface area contributed by atoms with Crippen molar-refractivity contribution in [3.05, 3.63) is 95.6 Å². The molecular formula is C39H46N6O6. The van der Waals surface area contributed by atoms with Gasteiger partial charge in [-0.05, 0) is 66.5 Å². The van der Waals surface area contributed by atoms with E-state index in [4.69, 9.17) is 10.5 Å². The van der Waals surface area contributed by atoms with E-state index in [1.54, 1.807) is 13.0 Å². The van der Waals surface area contributed by atoms with E-state index in [1.807, 2.05) is 86.6 Å². The van der Waals surface area contributed by atoms with Crippen molar-refractivity contribution < 1.29 is 28.7 Å². The summed E-state index contributed by atoms with van der Waals surface area (Å²) in [6.45, 7) is 5.90. The number of hydrogen-bond donors (Lipinski definition) is 5. The summed E-state index contributed by atoms with van der Waals surface area (Å²) in [4.78, 5) is 66.1. The average molecular weight is 695 g/mol. The van der Waals surface area contributed by atoms with Gasteiger partial charge in [0.1, 0.15) is 29.8 Å². The van der Waals surface area contributed by atoms with Crippen LogP contribution in [0.4, 0.5) is 4.79 Å². The molecule has 5 amide bonds. The summed E-state index contributed by atoms with van der Waals surface area (Å²) in [5.41, 5.74) is 5.03. The van der Waals surface area contributed by atoms with Crippen molar-refractivity contribution in [1.82, 2.24) is 21.3 Å². The van der Waals surface area contributed by atoms with Gasteiger partial charge in [-0.15, -0.1) is 0 Å². The van der Waals surface area contributed by atoms with E-state index < -0.39 is 47.4 Å². The number of nitriles is 1. The number of amides is 5. The first kappa shape index (κ1) is 38.1. The maximum absolute atomic E-state index is 14.3. The lowest BCUT2D eigenvalue weighted by atomic mass is 9.88. The summed E-state index contributed by atoms with van der Waals surface area (Å²) in [6, 6.07) is 22.3. The molecule has 51 heavy (non-hydrogen) atoms. The number of carbonyl (C=O) groups excluding carboxylic acids is 5. The number of primary amides is 1. The number of nitrogens with zero attached hydrogens (tertiary/aromatic N) is 1. The number of fused-ring (bicyclic) bond motifs is 1. The maximum Gasteiger partial charge on any atom is 0.408 e. The van der Waals surface area contributed by atoms with E-state index in [0.29, 0.717) is 13.0 Å². The van der Waals surface area contributed by atoms with Crippen LogP contribution < -0.4 is 27.0 Å². The number of alkyl carbamates (subject to hydrolysis) is 1. The molecule has 1 unspecified atom stereocenters. The van der Waals surface area contributed by atoms with E-state index in [1.165, 1.54) is 6.08 Å². The van der Waals surface area contributed by atoms with Crippen molar-refractivity contribution in [3.8, 4) is 6.07 Å². The zero-order valence-corrected chi connectivity index (χ0v) is 29.2. The van der Waals surface area contributed by atoms with Crippen LogP contribution in [0.2, 0.25) is 0 Å². The Labute approximate surface area is 298 Å². The molecule has 0 aliphatic carbocycles. The zero-order valence-electron chi connectivity index (χ0n) is 29.2. The van der Waals surface area contributed by atoms with E-state index >= 15 is 0 Å². The number of benzene rings is 3. The fraction of sp³-hybridized carbons (Fsp3) is 0.385. The lowest BCUT2D eigenvalue weighted by Crippen LogP contribution is -2.62. The van der Waals surface area contributed by atoms with Gasteiger partial charge in [0.05, 0.1) is 0 Å². The van der Waals surface area contributed by atoms with Crippen LogP contribution in [0, 0.1) is 23.2 Å². The van der Waals surface area contributed by atoms with Gasteiger partial charge in [-0.3, -0.25) is 19.2 Å². The first-order valence-corrected chi connectivity index (χ1v) is 17.1. The van der Waals surface area contributed by atoms with Crippen LogP contribution in [0.25, 0.3) is 10.8 Å². The van der Waals surface area contributed by atoms with Crippen molar-refractivity contribution in [2.45, 2.75) is 77.1 Å². The SMILES string of the molecule is CC(C)C[C@H](NC(=O)C(C)(Cc1cccc2ccccc12)NC(=O)OCc1ccccc1)C(=O)N[C@H](/C=C(\C#N)C(N)=O)C[C@@H]1CCCNC1=O. The Hall–Kier alpha value is -5.70. The molecular weight excluding hydrogens is 648 g/mol. The molecule has 1 heterocycles. The molecule has 6 N–H and O–H groups in total. The van der Waals surface area contributed by atoms with E-state index in [2.05, 4.69) is 21.3 Å². The van der Waals surface area contributed by atoms with Gasteiger partial charge in [0, 0.05) is 24.9 Å². The fourth-order valence-corrected chi connectivity index (χ4v) is 6.21. The molecule has 1 aliphatic rings. The Kier molecular flexibility index (Phi) is 13.3. The number of nitrogens with two attached hydrogens (primary N) is 1. The standard InChI is InChI=1S/C39H46N6O6/c1-25(2)19-33(36(48)43-31(21-30(23-40)34(41)46)20-28-16-10-18-42-35(28)47)44-37(49)39(3,45-38(50)51-24-26-11-5-4-6-12-26)22-29-15-9-14-27-13-7-8-17-32(27)29/h4-9,11-15,17,21,25,28,31,33H,10,16,18-20,22,24H2,1-3H3,(H2,41,46)(H,42,47)(H,43,48)(H,44,49)(H,45,50)/b30-21+/t28-,31-,33-,39?/m0/s1. The first-order chi connectivity index (χ1) is 24.4. The molecule has 12 nitrogen and oxygen atoms in total. The van der Waals surface area contributed by atoms with Gasteiger partial charge in [-0.2, -0.15) is 5.26 Å². The highest BCUT2D eigenvalue weighted by molar-refractivity contribution is 5.97. The monoisotopic (exact) mass is 694 g/mol. The summed E-state index contributed by atoms with van der Waals surface area (Å²) in [5, 5.41) is 22.7. The molecule has 4 atom stereocenters. The van der Waals surface area contributed by atoms with E-state index in [-0.39, 0.29) is 43.3 Å². The summed E-state index contributed by atoms with van der Waals surface area (Å²) >= 11 is 0. The summed E-state index contributed by atoms with van der Waals surface area (Å²) in [7, 11) is 0. The highest BCUT2D eigenvalue weighted by Gasteiger charge is 2.39. The van der Waals surface area contributed by atoms with Crippen LogP contribution in [0.5, 0.6) is 0 Å². The molecule has 1 saturated heterocycles. The molecule has 268 valence electrons. The van der Waals surface area contributed by atoms with Crippen molar-refractivity contribution in [2.75, 3.05) is 6.54 Å². The molecule has 1 aliphatic heterocycles. The Balaban J connectivity index is 1.61. The molecule has 1 fully saturated rings. The number of hydrogen-bond acceptors (Lipinski definition) is 7. The number of piperidine rings is 1. The second kappa shape index (κ2) is 17.8. The van der Waals surface area contributed by atoms with Gasteiger partial charge >= 0.3 is 6.09 Å². The first-order valence-electron chi connectivity index (χ1n) is 17.1. The molecule has 0 saturated carbocycles. The zero-order chi connectivity index (χ0) is 37.0. The minimum Gasteiger partial charge on any atom is -0.445 e. The molecule has 3 aromatic rings. The average Bonchev–Trinajstić information content (AvgIpc) is 3.10. The molecule has 4 rings (SSSR count). The molecule has 0 aromatic heterocycles. The Morgan fingerprint density at radius 1 is 1.04 bits per heavy atom. The van der Waals surface area contributed by atoms with E-state index in [0.717, 1.165) is 28.3 Å². The van der Waals surface area contributed by atoms with E-state index in [9.17, 15) is 29.2 Å². The fourth-order valence-electron chi connectivity index (χ4n) is 6.21. The second-order valence-corrected chi connectivity index (χ2v) is 13.5. The third-order valence-electron chi connectivity index (χ3n) is 8.86. The predicted octanol–water partition coefficient (Wildman–Crippen LogP) is 3.93. The minimum absolute atomic E-state index is 0.0130. The van der Waals surface area contributed by atoms with Gasteiger partial charge < -0.3 is 31.7 Å². The van der Waals surface area contributed by atoms with Crippen LogP contribution >= 0.6 is 0 Å². The van der Waals surface area contributed by atoms with Gasteiger partial charge in [0.25, 0.3) is 5.91 Å². The third-order valence-corrected chi connectivity index (χ3v) is 8.86.